The summed E-state index contributed by atoms with van der Waals surface area (Å²) in [6.45, 7) is 8.00. The van der Waals surface area contributed by atoms with Gasteiger partial charge in [-0.15, -0.1) is 0 Å². The lowest BCUT2D eigenvalue weighted by Crippen LogP contribution is -2.07. The van der Waals surface area contributed by atoms with Gasteiger partial charge in [-0.3, -0.25) is 9.78 Å². The highest BCUT2D eigenvalue weighted by atomic mass is 79.9. The number of halogens is 1. The summed E-state index contributed by atoms with van der Waals surface area (Å²) in [4.78, 5) is 19.6. The van der Waals surface area contributed by atoms with Crippen molar-refractivity contribution >= 4 is 22.2 Å². The van der Waals surface area contributed by atoms with Crippen LogP contribution in [0.15, 0.2) is 65.7 Å². The third-order valence-electron chi connectivity index (χ3n) is 4.13. The van der Waals surface area contributed by atoms with E-state index >= 15 is 0 Å². The molecule has 1 aromatic carbocycles. The quantitative estimate of drug-likeness (QED) is 0.314. The predicted molar refractivity (Wildman–Crippen MR) is 123 cm³/mol. The largest absolute Gasteiger partial charge is 0.496 e. The second-order valence-corrected chi connectivity index (χ2v) is 6.46. The maximum atomic E-state index is 11.2. The van der Waals surface area contributed by atoms with Crippen molar-refractivity contribution in [1.82, 2.24) is 9.97 Å². The summed E-state index contributed by atoms with van der Waals surface area (Å²) in [5.41, 5.74) is 3.90. The molecule has 3 rings (SSSR count). The van der Waals surface area contributed by atoms with Crippen LogP contribution in [0.5, 0.6) is 5.75 Å². The molecule has 1 unspecified atom stereocenters. The Morgan fingerprint density at radius 3 is 2.21 bits per heavy atom. The van der Waals surface area contributed by atoms with E-state index in [1.54, 1.807) is 25.6 Å². The van der Waals surface area contributed by atoms with Crippen molar-refractivity contribution in [1.29, 1.82) is 0 Å². The van der Waals surface area contributed by atoms with Gasteiger partial charge in [0.05, 0.1) is 12.7 Å². The molecule has 2 heterocycles. The van der Waals surface area contributed by atoms with E-state index in [2.05, 4.69) is 32.0 Å². The number of rotatable bonds is 6. The van der Waals surface area contributed by atoms with E-state index in [1.807, 2.05) is 64.2 Å². The van der Waals surface area contributed by atoms with Crippen molar-refractivity contribution in [2.24, 2.45) is 0 Å². The van der Waals surface area contributed by atoms with Crippen LogP contribution in [-0.2, 0) is 6.42 Å². The topological polar surface area (TPSA) is 52.1 Å². The minimum absolute atomic E-state index is 0.0950. The first-order valence-electron chi connectivity index (χ1n) is 9.84. The van der Waals surface area contributed by atoms with Crippen LogP contribution >= 0.6 is 15.9 Å². The maximum absolute atomic E-state index is 11.2. The first-order chi connectivity index (χ1) is 14.2. The zero-order valence-corrected chi connectivity index (χ0v) is 19.3. The highest BCUT2D eigenvalue weighted by Crippen LogP contribution is 2.32. The minimum Gasteiger partial charge on any atom is -0.496 e. The number of hydrogen-bond acceptors (Lipinski definition) is 4. The number of carbonyl (C=O) groups excluding carboxylic acids is 1. The average Bonchev–Trinajstić information content (AvgIpc) is 2.81. The molecule has 3 aromatic rings. The van der Waals surface area contributed by atoms with E-state index in [-0.39, 0.29) is 5.92 Å². The average molecular weight is 457 g/mol. The molecule has 5 heteroatoms. The number of aromatic nitrogens is 2. The Hall–Kier alpha value is -2.53. The van der Waals surface area contributed by atoms with Gasteiger partial charge in [0.1, 0.15) is 10.4 Å². The molecule has 0 aliphatic heterocycles. The van der Waals surface area contributed by atoms with Gasteiger partial charge in [-0.1, -0.05) is 39.8 Å². The number of methoxy groups -OCH3 is 1. The Bertz CT molecular complexity index is 853. The lowest BCUT2D eigenvalue weighted by Gasteiger charge is -2.19. The van der Waals surface area contributed by atoms with E-state index in [4.69, 9.17) is 4.74 Å². The fraction of sp³-hybridized carbons (Fsp3) is 0.292. The molecule has 0 amide bonds. The first kappa shape index (κ1) is 24.5. The Labute approximate surface area is 182 Å². The van der Waals surface area contributed by atoms with Crippen molar-refractivity contribution in [3.8, 4) is 5.75 Å². The Morgan fingerprint density at radius 1 is 1.00 bits per heavy atom. The van der Waals surface area contributed by atoms with Crippen LogP contribution in [0.1, 0.15) is 60.7 Å². The van der Waals surface area contributed by atoms with Crippen molar-refractivity contribution < 1.29 is 9.53 Å². The Balaban J connectivity index is 0.000000989. The smallest absolute Gasteiger partial charge is 0.153 e. The second kappa shape index (κ2) is 13.6. The second-order valence-electron chi connectivity index (χ2n) is 5.65. The molecule has 4 nitrogen and oxygen atoms in total. The third-order valence-corrected chi connectivity index (χ3v) is 4.60. The van der Waals surface area contributed by atoms with Gasteiger partial charge >= 0.3 is 0 Å². The predicted octanol–water partition coefficient (Wildman–Crippen LogP) is 6.49. The van der Waals surface area contributed by atoms with Gasteiger partial charge < -0.3 is 4.74 Å². The van der Waals surface area contributed by atoms with Gasteiger partial charge in [-0.05, 0) is 69.4 Å². The number of ether oxygens (including phenoxy) is 1. The van der Waals surface area contributed by atoms with Gasteiger partial charge in [0, 0.05) is 24.5 Å². The Kier molecular flexibility index (Phi) is 11.5. The van der Waals surface area contributed by atoms with E-state index < -0.39 is 0 Å². The molecule has 0 aliphatic rings. The fourth-order valence-electron chi connectivity index (χ4n) is 2.82. The van der Waals surface area contributed by atoms with Gasteiger partial charge in [0.2, 0.25) is 0 Å². The van der Waals surface area contributed by atoms with Crippen LogP contribution in [0.4, 0.5) is 0 Å². The molecule has 0 fully saturated rings. The molecule has 0 bridgehead atoms. The molecule has 0 spiro atoms. The summed E-state index contributed by atoms with van der Waals surface area (Å²) >= 11 is 3.38. The zero-order valence-electron chi connectivity index (χ0n) is 17.7. The standard InChI is InChI=1S/C20H17BrN2O2.2C2H6/c1-25-19-11-15(2-3-17(19)13-24)18(10-14-6-8-22-9-7-14)16-4-5-20(21)23-12-16;2*1-2/h2-9,11-13,18H,10H2,1H3;2*1-2H3. The number of benzene rings is 1. The molecule has 154 valence electrons. The van der Waals surface area contributed by atoms with Crippen LogP contribution < -0.4 is 4.74 Å². The summed E-state index contributed by atoms with van der Waals surface area (Å²) in [5.74, 6) is 0.676. The van der Waals surface area contributed by atoms with Gasteiger partial charge in [-0.25, -0.2) is 4.98 Å². The molecule has 0 saturated heterocycles. The number of nitrogens with zero attached hydrogens (tertiary/aromatic N) is 2. The fourth-order valence-corrected chi connectivity index (χ4v) is 3.05. The van der Waals surface area contributed by atoms with Crippen LogP contribution in [0.25, 0.3) is 0 Å². The molecule has 29 heavy (non-hydrogen) atoms. The number of carbonyl (C=O) groups is 1. The summed E-state index contributed by atoms with van der Waals surface area (Å²) in [6, 6.07) is 13.7. The lowest BCUT2D eigenvalue weighted by molar-refractivity contribution is 0.112. The Morgan fingerprint density at radius 2 is 1.66 bits per heavy atom. The van der Waals surface area contributed by atoms with Crippen molar-refractivity contribution in [2.75, 3.05) is 7.11 Å². The van der Waals surface area contributed by atoms with Crippen LogP contribution in [0.3, 0.4) is 0 Å². The molecule has 2 aromatic heterocycles. The SMILES string of the molecule is CC.CC.COc1cc(C(Cc2ccncc2)c2ccc(Br)nc2)ccc1C=O. The van der Waals surface area contributed by atoms with Crippen LogP contribution in [0.2, 0.25) is 0 Å². The minimum atomic E-state index is 0.0950. The van der Waals surface area contributed by atoms with E-state index in [0.717, 1.165) is 28.4 Å². The monoisotopic (exact) mass is 456 g/mol. The molecule has 0 radical (unpaired) electrons. The highest BCUT2D eigenvalue weighted by molar-refractivity contribution is 9.10. The van der Waals surface area contributed by atoms with Crippen molar-refractivity contribution in [2.45, 2.75) is 40.0 Å². The lowest BCUT2D eigenvalue weighted by atomic mass is 9.86. The first-order valence-corrected chi connectivity index (χ1v) is 10.6. The number of hydrogen-bond donors (Lipinski definition) is 0. The molecular formula is C24H29BrN2O2. The highest BCUT2D eigenvalue weighted by Gasteiger charge is 2.17. The van der Waals surface area contributed by atoms with Crippen LogP contribution in [0, 0.1) is 0 Å². The third kappa shape index (κ3) is 7.09. The number of pyridine rings is 2. The van der Waals surface area contributed by atoms with Crippen molar-refractivity contribution in [3.63, 3.8) is 0 Å². The summed E-state index contributed by atoms with van der Waals surface area (Å²) < 4.78 is 6.17. The van der Waals surface area contributed by atoms with Crippen molar-refractivity contribution in [3.05, 3.63) is 87.9 Å². The summed E-state index contributed by atoms with van der Waals surface area (Å²) in [5, 5.41) is 0. The molecule has 0 saturated carbocycles. The molecule has 1 atom stereocenters. The van der Waals surface area contributed by atoms with E-state index in [9.17, 15) is 4.79 Å². The van der Waals surface area contributed by atoms with Crippen LogP contribution in [-0.4, -0.2) is 23.4 Å². The van der Waals surface area contributed by atoms with Gasteiger partial charge in [0.15, 0.2) is 6.29 Å². The normalized spacial score (nSPS) is 10.6. The van der Waals surface area contributed by atoms with E-state index in [1.165, 1.54) is 5.56 Å². The zero-order chi connectivity index (χ0) is 21.6. The molecular weight excluding hydrogens is 428 g/mol. The van der Waals surface area contributed by atoms with Gasteiger partial charge in [0.25, 0.3) is 0 Å². The summed E-state index contributed by atoms with van der Waals surface area (Å²) in [7, 11) is 1.57. The van der Waals surface area contributed by atoms with E-state index in [0.29, 0.717) is 11.3 Å². The molecule has 0 N–H and O–H groups in total. The molecule has 0 aliphatic carbocycles. The van der Waals surface area contributed by atoms with Gasteiger partial charge in [-0.2, -0.15) is 0 Å². The summed E-state index contributed by atoms with van der Waals surface area (Å²) in [6.07, 6.45) is 7.07. The maximum Gasteiger partial charge on any atom is 0.153 e. The number of aldehydes is 1.